The molecule has 0 amide bonds. The van der Waals surface area contributed by atoms with Crippen LogP contribution in [-0.2, 0) is 37.3 Å². The molecule has 57 heavy (non-hydrogen) atoms. The second-order valence-electron chi connectivity index (χ2n) is 12.5. The fraction of sp³-hybridized carbons (Fsp3) is 0.395. The Balaban J connectivity index is -0.000000943. The van der Waals surface area contributed by atoms with Crippen LogP contribution in [0.3, 0.4) is 0 Å². The third-order valence-electron chi connectivity index (χ3n) is 6.80. The van der Waals surface area contributed by atoms with Crippen LogP contribution in [0.4, 0.5) is 13.5 Å². The first-order valence-corrected chi connectivity index (χ1v) is 18.2. The van der Waals surface area contributed by atoms with Crippen LogP contribution in [0.25, 0.3) is 5.70 Å². The number of halogens is 3. The number of hydrogen-bond acceptors (Lipinski definition) is 13. The third-order valence-corrected chi connectivity index (χ3v) is 6.80. The fourth-order valence-corrected chi connectivity index (χ4v) is 4.45. The minimum atomic E-state index is -3.92. The molecule has 19 heteroatoms. The molecule has 3 aromatic carbocycles. The Morgan fingerprint density at radius 1 is 0.982 bits per heavy atom. The van der Waals surface area contributed by atoms with E-state index in [0.29, 0.717) is 25.2 Å². The zero-order valence-corrected chi connectivity index (χ0v) is 37.9. The standard InChI is InChI=1S/C24H32N4O3.C11H14FNO3.CH4O3S.CH4.CH3.F2.K/c1-24(2,3)31-23(29)21(25-4)15-18-11-13-20(14-12-18)30-17-28-16-22(27(5)26-28)19-9-7-6-8-10-19;12-5-6-16-9-3-1-8(2-4-9)7-10(13)11(14)15;1-5(2,3)4;;;1-2;/h6-14,16,21,25-26H,15,17H2,1-5H3;1-4,10H,5-7,13H2,(H,14,15);1H3,(H,2,3,4);1H4;1H3;;/q;;;;-1;;+1/p-1/t21-;10-;;;;;/m11...../s1/i;12-1;;1T;;1-1;. The third kappa shape index (κ3) is 25.7. The van der Waals surface area contributed by atoms with Gasteiger partial charge in [-0.15, -0.1) is 5.53 Å². The number of esters is 1. The summed E-state index contributed by atoms with van der Waals surface area (Å²) >= 11 is 0. The summed E-state index contributed by atoms with van der Waals surface area (Å²) in [5.41, 5.74) is 12.2. The average molecular weight is 855 g/mol. The molecule has 0 spiro atoms. The zero-order chi connectivity index (χ0) is 42.9. The molecule has 4 rings (SSSR count). The summed E-state index contributed by atoms with van der Waals surface area (Å²) < 4.78 is 77.2. The van der Waals surface area contributed by atoms with Gasteiger partial charge in [0.25, 0.3) is 0 Å². The van der Waals surface area contributed by atoms with Crippen molar-refractivity contribution in [3.63, 3.8) is 0 Å². The molecule has 3 aromatic rings. The number of carboxylic acid groups (broad SMARTS) is 1. The summed E-state index contributed by atoms with van der Waals surface area (Å²) in [4.78, 5) is 22.9. The maximum Gasteiger partial charge on any atom is 1.00 e. The molecule has 0 bridgehead atoms. The Morgan fingerprint density at radius 3 is 1.89 bits per heavy atom. The number of carbonyl (C=O) groups is 2. The van der Waals surface area contributed by atoms with Crippen LogP contribution in [0, 0.1) is 7.43 Å². The van der Waals surface area contributed by atoms with Crippen molar-refractivity contribution < 1.29 is 108 Å². The molecule has 0 saturated heterocycles. The summed E-state index contributed by atoms with van der Waals surface area (Å²) in [7, 11) is 1.07. The van der Waals surface area contributed by atoms with E-state index in [-0.39, 0.29) is 77.8 Å². The number of benzene rings is 3. The van der Waals surface area contributed by atoms with Gasteiger partial charge in [0.05, 0.1) is 15.8 Å². The number of aliphatic carboxylic acids is 1. The molecule has 1 heterocycles. The van der Waals surface area contributed by atoms with Gasteiger partial charge in [0.2, 0.25) is 0 Å². The van der Waals surface area contributed by atoms with Gasteiger partial charge in [0.1, 0.15) is 42.5 Å². The Morgan fingerprint density at radius 2 is 1.46 bits per heavy atom. The van der Waals surface area contributed by atoms with Crippen molar-refractivity contribution in [2.24, 2.45) is 5.73 Å². The number of hydrazine groups is 2. The smallest absolute Gasteiger partial charge is 0.748 e. The van der Waals surface area contributed by atoms with Crippen LogP contribution in [0.5, 0.6) is 11.5 Å². The van der Waals surface area contributed by atoms with Crippen LogP contribution < -0.4 is 77.4 Å². The SMILES string of the molecule is CN[C@H](Cc1ccc(OCN2C=C(c3ccccc3)N(C)N2)cc1)C(=O)OC(C)(C)C.CS(=O)(=O)[O-].F[18F].N[C@H](Cc1ccc(OCC[18F])cc1)C(=O)O.[3H]C.[CH3-].[K+]. The summed E-state index contributed by atoms with van der Waals surface area (Å²) in [6.07, 6.45) is 3.43. The van der Waals surface area contributed by atoms with Crippen LogP contribution >= 0.6 is 0 Å². The Kier molecular flexibility index (Phi) is 29.3. The van der Waals surface area contributed by atoms with Gasteiger partial charge in [0, 0.05) is 35.6 Å². The van der Waals surface area contributed by atoms with E-state index < -0.39 is 40.4 Å². The van der Waals surface area contributed by atoms with E-state index in [4.69, 9.17) is 48.5 Å². The van der Waals surface area contributed by atoms with Crippen molar-refractivity contribution in [2.45, 2.75) is 58.7 Å². The van der Waals surface area contributed by atoms with Crippen molar-refractivity contribution in [2.75, 3.05) is 40.4 Å². The van der Waals surface area contributed by atoms with E-state index in [9.17, 15) is 14.0 Å². The Labute approximate surface area is 379 Å². The van der Waals surface area contributed by atoms with Gasteiger partial charge in [-0.05, 0) is 76.1 Å². The van der Waals surface area contributed by atoms with Gasteiger partial charge in [-0.25, -0.2) is 12.8 Å². The predicted octanol–water partition coefficient (Wildman–Crippen LogP) is 2.24. The molecule has 0 saturated carbocycles. The van der Waals surface area contributed by atoms with Crippen LogP contribution in [-0.4, -0.2) is 98.1 Å². The maximum absolute atomic E-state index is 12.3. The number of nitrogens with one attached hydrogen (secondary N) is 2. The van der Waals surface area contributed by atoms with Gasteiger partial charge >= 0.3 is 63.3 Å². The molecule has 0 fully saturated rings. The minimum Gasteiger partial charge on any atom is -0.748 e. The number of rotatable bonds is 14. The van der Waals surface area contributed by atoms with Crippen molar-refractivity contribution in [3.05, 3.63) is 109 Å². The summed E-state index contributed by atoms with van der Waals surface area (Å²) in [5, 5.41) is 15.5. The van der Waals surface area contributed by atoms with Crippen molar-refractivity contribution in [1.29, 1.82) is 0 Å². The topological polar surface area (TPSA) is 196 Å². The summed E-state index contributed by atoms with van der Waals surface area (Å²) in [6.45, 7) is 5.45. The number of nitrogens with two attached hydrogens (primary N) is 1. The second kappa shape index (κ2) is 29.9. The molecule has 0 aliphatic carbocycles. The minimum absolute atomic E-state index is 0. The van der Waals surface area contributed by atoms with E-state index in [1.165, 1.54) is 7.40 Å². The zero-order valence-electron chi connectivity index (χ0n) is 35.0. The van der Waals surface area contributed by atoms with Gasteiger partial charge in [-0.2, -0.15) is 0 Å². The molecule has 2 atom stereocenters. The quantitative estimate of drug-likeness (QED) is 0.0798. The van der Waals surface area contributed by atoms with Crippen molar-refractivity contribution >= 4 is 27.8 Å². The van der Waals surface area contributed by atoms with Gasteiger partial charge in [-0.1, -0.05) is 62.0 Å². The normalized spacial score (nSPS) is 12.8. The number of alkyl halides is 1. The van der Waals surface area contributed by atoms with Crippen LogP contribution in [0.2, 0.25) is 0 Å². The molecular weight excluding hydrogens is 797 g/mol. The van der Waals surface area contributed by atoms with Crippen LogP contribution in [0.15, 0.2) is 85.1 Å². The fourth-order valence-electron chi connectivity index (χ4n) is 4.45. The van der Waals surface area contributed by atoms with E-state index in [1.807, 2.05) is 86.5 Å². The molecule has 1 aliphatic rings. The van der Waals surface area contributed by atoms with E-state index in [1.54, 1.807) is 31.3 Å². The molecule has 1 aliphatic heterocycles. The van der Waals surface area contributed by atoms with Gasteiger partial charge in [-0.3, -0.25) is 19.6 Å². The van der Waals surface area contributed by atoms with Crippen molar-refractivity contribution in [1.82, 2.24) is 20.9 Å². The van der Waals surface area contributed by atoms with E-state index in [0.717, 1.165) is 28.1 Å². The molecule has 316 valence electrons. The molecule has 5 N–H and O–H groups in total. The number of likely N-dealkylation sites (N-methyl/N-ethyl adjacent to an activating group) is 1. The van der Waals surface area contributed by atoms with E-state index >= 15 is 0 Å². The monoisotopic (exact) mass is 854 g/mol. The largest absolute Gasteiger partial charge is 1.00 e. The van der Waals surface area contributed by atoms with Gasteiger partial charge in [0.15, 0.2) is 6.73 Å². The molecule has 0 aromatic heterocycles. The second-order valence-corrected chi connectivity index (χ2v) is 13.9. The first-order valence-electron chi connectivity index (χ1n) is 17.4. The summed E-state index contributed by atoms with van der Waals surface area (Å²) in [6, 6.07) is 23.4. The first-order chi connectivity index (χ1) is 26.4. The average Bonchev–Trinajstić information content (AvgIpc) is 3.54. The predicted molar refractivity (Wildman–Crippen MR) is 210 cm³/mol. The van der Waals surface area contributed by atoms with Crippen LogP contribution in [0.1, 0.15) is 46.2 Å². The molecule has 14 nitrogen and oxygen atoms in total. The number of carboxylic acids is 1. The summed E-state index contributed by atoms with van der Waals surface area (Å²) in [5.74, 6) is 0.0386. The van der Waals surface area contributed by atoms with Crippen molar-refractivity contribution in [3.8, 4) is 11.5 Å². The number of nitrogens with zero attached hydrogens (tertiary/aromatic N) is 2. The number of carbonyl (C=O) groups excluding carboxylic acids is 1. The molecule has 0 radical (unpaired) electrons. The molecular formula is C38H56F3KN5O9S-. The number of hydrogen-bond donors (Lipinski definition) is 4. The van der Waals surface area contributed by atoms with E-state index in [2.05, 4.69) is 23.0 Å². The van der Waals surface area contributed by atoms with Gasteiger partial charge < -0.3 is 42.3 Å². The number of ether oxygens (including phenoxy) is 3. The Bertz CT molecular complexity index is 1690. The first kappa shape index (κ1) is 55.9. The molecule has 0 unspecified atom stereocenters. The maximum atomic E-state index is 12.3. The Hall–Kier alpha value is -3.24.